The Morgan fingerprint density at radius 3 is 1.89 bits per heavy atom. The van der Waals surface area contributed by atoms with Gasteiger partial charge in [-0.05, 0) is 13.3 Å². The van der Waals surface area contributed by atoms with E-state index >= 15 is 0 Å². The third-order valence-electron chi connectivity index (χ3n) is 3.08. The zero-order valence-corrected chi connectivity index (χ0v) is 13.0. The molecule has 0 radical (unpaired) electrons. The molecule has 0 spiro atoms. The number of carbonyl (C=O) groups excluding carboxylic acids is 1. The van der Waals surface area contributed by atoms with Crippen molar-refractivity contribution in [1.82, 2.24) is 0 Å². The SMILES string of the molecule is CCCCCCCCCCCC(C)(Cl)OC(C)=O. The van der Waals surface area contributed by atoms with Crippen LogP contribution in [0, 0.1) is 0 Å². The number of carbonyl (C=O) groups is 1. The van der Waals surface area contributed by atoms with Gasteiger partial charge in [-0.1, -0.05) is 69.9 Å². The Kier molecular flexibility index (Phi) is 10.5. The number of ether oxygens (including phenoxy) is 1. The van der Waals surface area contributed by atoms with Crippen LogP contribution in [0.15, 0.2) is 0 Å². The third kappa shape index (κ3) is 12.2. The monoisotopic (exact) mass is 276 g/mol. The van der Waals surface area contributed by atoms with Gasteiger partial charge in [-0.25, -0.2) is 0 Å². The maximum atomic E-state index is 10.8. The highest BCUT2D eigenvalue weighted by molar-refractivity contribution is 6.23. The van der Waals surface area contributed by atoms with Gasteiger partial charge in [0.1, 0.15) is 0 Å². The highest BCUT2D eigenvalue weighted by atomic mass is 35.5. The number of halogens is 1. The fraction of sp³-hybridized carbons (Fsp3) is 0.933. The quantitative estimate of drug-likeness (QED) is 0.286. The molecule has 0 fully saturated rings. The summed E-state index contributed by atoms with van der Waals surface area (Å²) in [6.45, 7) is 5.41. The minimum atomic E-state index is -0.813. The van der Waals surface area contributed by atoms with E-state index in [-0.39, 0.29) is 5.97 Å². The van der Waals surface area contributed by atoms with E-state index in [1.165, 1.54) is 58.3 Å². The average molecular weight is 277 g/mol. The Morgan fingerprint density at radius 2 is 1.44 bits per heavy atom. The zero-order valence-electron chi connectivity index (χ0n) is 12.3. The topological polar surface area (TPSA) is 26.3 Å². The molecule has 1 atom stereocenters. The number of alkyl halides is 1. The number of unbranched alkanes of at least 4 members (excludes halogenated alkanes) is 8. The molecule has 0 aliphatic carbocycles. The van der Waals surface area contributed by atoms with Crippen molar-refractivity contribution >= 4 is 17.6 Å². The van der Waals surface area contributed by atoms with Gasteiger partial charge in [-0.15, -0.1) is 0 Å². The normalized spacial score (nSPS) is 14.2. The second-order valence-corrected chi connectivity index (χ2v) is 6.07. The molecule has 0 saturated heterocycles. The Morgan fingerprint density at radius 1 is 1.00 bits per heavy atom. The summed E-state index contributed by atoms with van der Waals surface area (Å²) >= 11 is 6.09. The lowest BCUT2D eigenvalue weighted by atomic mass is 10.1. The first kappa shape index (κ1) is 17.8. The van der Waals surface area contributed by atoms with Gasteiger partial charge >= 0.3 is 5.97 Å². The molecule has 3 heteroatoms. The predicted octanol–water partition coefficient (Wildman–Crippen LogP) is 5.43. The highest BCUT2D eigenvalue weighted by Gasteiger charge is 2.23. The molecule has 0 aliphatic rings. The van der Waals surface area contributed by atoms with E-state index in [2.05, 4.69) is 6.92 Å². The lowest BCUT2D eigenvalue weighted by Crippen LogP contribution is -2.23. The van der Waals surface area contributed by atoms with E-state index in [1.54, 1.807) is 6.92 Å². The zero-order chi connectivity index (χ0) is 13.9. The number of hydrogen-bond donors (Lipinski definition) is 0. The maximum Gasteiger partial charge on any atom is 0.304 e. The van der Waals surface area contributed by atoms with Gasteiger partial charge in [0.15, 0.2) is 5.06 Å². The summed E-state index contributed by atoms with van der Waals surface area (Å²) in [6, 6.07) is 0. The molecule has 0 heterocycles. The Hall–Kier alpha value is -0.240. The molecule has 0 aromatic heterocycles. The van der Waals surface area contributed by atoms with Crippen molar-refractivity contribution in [2.24, 2.45) is 0 Å². The van der Waals surface area contributed by atoms with Crippen molar-refractivity contribution in [3.05, 3.63) is 0 Å². The summed E-state index contributed by atoms with van der Waals surface area (Å²) in [6.07, 6.45) is 12.3. The molecule has 0 aromatic rings. The van der Waals surface area contributed by atoms with Gasteiger partial charge in [0.05, 0.1) is 0 Å². The first-order valence-electron chi connectivity index (χ1n) is 7.36. The second-order valence-electron chi connectivity index (χ2n) is 5.27. The lowest BCUT2D eigenvalue weighted by molar-refractivity contribution is -0.148. The molecule has 0 amide bonds. The van der Waals surface area contributed by atoms with Crippen LogP contribution in [0.2, 0.25) is 0 Å². The molecule has 2 nitrogen and oxygen atoms in total. The first-order valence-corrected chi connectivity index (χ1v) is 7.74. The molecule has 0 bridgehead atoms. The average Bonchev–Trinajstić information content (AvgIpc) is 2.25. The van der Waals surface area contributed by atoms with E-state index in [4.69, 9.17) is 16.3 Å². The first-order chi connectivity index (χ1) is 8.48. The molecular weight excluding hydrogens is 248 g/mol. The number of esters is 1. The lowest BCUT2D eigenvalue weighted by Gasteiger charge is -2.21. The van der Waals surface area contributed by atoms with Crippen LogP contribution in [0.5, 0.6) is 0 Å². The minimum absolute atomic E-state index is 0.302. The van der Waals surface area contributed by atoms with Gasteiger partial charge in [0.2, 0.25) is 0 Å². The van der Waals surface area contributed by atoms with E-state index in [1.807, 2.05) is 0 Å². The van der Waals surface area contributed by atoms with Gasteiger partial charge in [-0.2, -0.15) is 0 Å². The molecule has 0 saturated carbocycles. The van der Waals surface area contributed by atoms with Crippen molar-refractivity contribution < 1.29 is 9.53 Å². The standard InChI is InChI=1S/C15H29ClO2/c1-4-5-6-7-8-9-10-11-12-13-15(3,16)18-14(2)17/h4-13H2,1-3H3. The van der Waals surface area contributed by atoms with Crippen LogP contribution in [0.4, 0.5) is 0 Å². The molecule has 0 N–H and O–H groups in total. The van der Waals surface area contributed by atoms with Crippen molar-refractivity contribution in [2.45, 2.75) is 90.0 Å². The summed E-state index contributed by atoms with van der Waals surface area (Å²) in [4.78, 5) is 10.8. The fourth-order valence-corrected chi connectivity index (χ4v) is 2.34. The van der Waals surface area contributed by atoms with E-state index in [0.717, 1.165) is 12.8 Å². The molecule has 108 valence electrons. The summed E-state index contributed by atoms with van der Waals surface area (Å²) < 4.78 is 5.04. The van der Waals surface area contributed by atoms with Crippen LogP contribution in [0.25, 0.3) is 0 Å². The minimum Gasteiger partial charge on any atom is -0.444 e. The van der Waals surface area contributed by atoms with Crippen LogP contribution in [-0.2, 0) is 9.53 Å². The summed E-state index contributed by atoms with van der Waals surface area (Å²) in [5.41, 5.74) is 0. The van der Waals surface area contributed by atoms with Crippen LogP contribution in [0.1, 0.15) is 85.0 Å². The Bertz CT molecular complexity index is 215. The summed E-state index contributed by atoms with van der Waals surface area (Å²) in [7, 11) is 0. The van der Waals surface area contributed by atoms with Crippen molar-refractivity contribution in [1.29, 1.82) is 0 Å². The van der Waals surface area contributed by atoms with Crippen LogP contribution in [-0.4, -0.2) is 11.0 Å². The van der Waals surface area contributed by atoms with Crippen LogP contribution < -0.4 is 0 Å². The van der Waals surface area contributed by atoms with Gasteiger partial charge in [0.25, 0.3) is 0 Å². The highest BCUT2D eigenvalue weighted by Crippen LogP contribution is 2.24. The molecule has 0 aliphatic heterocycles. The van der Waals surface area contributed by atoms with Crippen LogP contribution in [0.3, 0.4) is 0 Å². The Labute approximate surface area is 117 Å². The van der Waals surface area contributed by atoms with E-state index in [0.29, 0.717) is 0 Å². The van der Waals surface area contributed by atoms with Crippen molar-refractivity contribution in [3.8, 4) is 0 Å². The summed E-state index contributed by atoms with van der Waals surface area (Å²) in [5, 5.41) is -0.813. The number of hydrogen-bond acceptors (Lipinski definition) is 2. The van der Waals surface area contributed by atoms with Gasteiger partial charge in [-0.3, -0.25) is 4.79 Å². The summed E-state index contributed by atoms with van der Waals surface area (Å²) in [5.74, 6) is -0.302. The maximum absolute atomic E-state index is 10.8. The molecule has 18 heavy (non-hydrogen) atoms. The predicted molar refractivity (Wildman–Crippen MR) is 77.9 cm³/mol. The number of rotatable bonds is 11. The molecule has 0 aromatic carbocycles. The third-order valence-corrected chi connectivity index (χ3v) is 3.35. The smallest absolute Gasteiger partial charge is 0.304 e. The van der Waals surface area contributed by atoms with Crippen LogP contribution >= 0.6 is 11.6 Å². The van der Waals surface area contributed by atoms with Gasteiger partial charge in [0, 0.05) is 13.3 Å². The van der Waals surface area contributed by atoms with E-state index in [9.17, 15) is 4.79 Å². The largest absolute Gasteiger partial charge is 0.444 e. The molecule has 0 rings (SSSR count). The van der Waals surface area contributed by atoms with Crippen molar-refractivity contribution in [3.63, 3.8) is 0 Å². The fourth-order valence-electron chi connectivity index (χ4n) is 2.10. The molecular formula is C15H29ClO2. The Balaban J connectivity index is 3.31. The van der Waals surface area contributed by atoms with Crippen molar-refractivity contribution in [2.75, 3.05) is 0 Å². The molecule has 1 unspecified atom stereocenters. The van der Waals surface area contributed by atoms with E-state index < -0.39 is 5.06 Å². The van der Waals surface area contributed by atoms with Gasteiger partial charge < -0.3 is 4.74 Å². The second kappa shape index (κ2) is 10.7.